The number of likely N-dealkylation sites (N-methyl/N-ethyl adjacent to an activating group) is 1. The van der Waals surface area contributed by atoms with Gasteiger partial charge in [0.25, 0.3) is 0 Å². The summed E-state index contributed by atoms with van der Waals surface area (Å²) >= 11 is 0. The van der Waals surface area contributed by atoms with E-state index < -0.39 is 5.54 Å². The molecular weight excluding hydrogens is 192 g/mol. The smallest absolute Gasteiger partial charge is 0.239 e. The molecule has 0 aliphatic heterocycles. The van der Waals surface area contributed by atoms with Crippen molar-refractivity contribution in [2.24, 2.45) is 0 Å². The highest BCUT2D eigenvalue weighted by atomic mass is 16.3. The maximum absolute atomic E-state index is 11.9. The molecule has 2 N–H and O–H groups in total. The molecule has 1 atom stereocenters. The van der Waals surface area contributed by atoms with E-state index in [1.54, 1.807) is 4.90 Å². The summed E-state index contributed by atoms with van der Waals surface area (Å²) in [5, 5.41) is 12.2. The number of nitrogens with one attached hydrogen (secondary N) is 1. The fourth-order valence-electron chi connectivity index (χ4n) is 1.50. The van der Waals surface area contributed by atoms with Gasteiger partial charge in [-0.2, -0.15) is 0 Å². The van der Waals surface area contributed by atoms with Crippen molar-refractivity contribution in [2.75, 3.05) is 19.7 Å². The minimum Gasteiger partial charge on any atom is -0.394 e. The van der Waals surface area contributed by atoms with Crippen LogP contribution in [-0.2, 0) is 4.79 Å². The molecule has 0 radical (unpaired) electrons. The van der Waals surface area contributed by atoms with Crippen LogP contribution in [0, 0.1) is 0 Å². The summed E-state index contributed by atoms with van der Waals surface area (Å²) in [6.07, 6.45) is 0. The molecule has 4 heteroatoms. The molecule has 0 aliphatic carbocycles. The fourth-order valence-corrected chi connectivity index (χ4v) is 1.50. The van der Waals surface area contributed by atoms with E-state index in [2.05, 4.69) is 5.32 Å². The van der Waals surface area contributed by atoms with Crippen molar-refractivity contribution in [3.63, 3.8) is 0 Å². The molecule has 0 aromatic carbocycles. The molecule has 0 saturated heterocycles. The molecule has 4 nitrogen and oxygen atoms in total. The number of nitrogens with zero attached hydrogens (tertiary/aromatic N) is 1. The lowest BCUT2D eigenvalue weighted by Crippen LogP contribution is -2.54. The number of hydrogen-bond donors (Lipinski definition) is 2. The van der Waals surface area contributed by atoms with Crippen molar-refractivity contribution in [3.8, 4) is 0 Å². The third-order valence-corrected chi connectivity index (χ3v) is 2.45. The topological polar surface area (TPSA) is 52.6 Å². The number of aliphatic hydroxyl groups excluding tert-OH is 1. The lowest BCUT2D eigenvalue weighted by atomic mass is 10.1. The Morgan fingerprint density at radius 3 is 2.20 bits per heavy atom. The van der Waals surface area contributed by atoms with Gasteiger partial charge >= 0.3 is 0 Å². The monoisotopic (exact) mass is 216 g/mol. The van der Waals surface area contributed by atoms with Crippen LogP contribution in [0.5, 0.6) is 0 Å². The van der Waals surface area contributed by atoms with Crippen LogP contribution in [0.3, 0.4) is 0 Å². The minimum absolute atomic E-state index is 0.0167. The van der Waals surface area contributed by atoms with Gasteiger partial charge < -0.3 is 10.0 Å². The Morgan fingerprint density at radius 2 is 1.87 bits per heavy atom. The van der Waals surface area contributed by atoms with Gasteiger partial charge in [-0.05, 0) is 34.6 Å². The molecule has 1 amide bonds. The van der Waals surface area contributed by atoms with Crippen molar-refractivity contribution < 1.29 is 9.90 Å². The van der Waals surface area contributed by atoms with Crippen LogP contribution in [0.2, 0.25) is 0 Å². The first-order valence-corrected chi connectivity index (χ1v) is 5.55. The molecule has 0 heterocycles. The van der Waals surface area contributed by atoms with E-state index in [9.17, 15) is 4.79 Å². The summed E-state index contributed by atoms with van der Waals surface area (Å²) in [5.74, 6) is 0.0847. The molecular formula is C11H24N2O2. The van der Waals surface area contributed by atoms with Gasteiger partial charge in [0.15, 0.2) is 0 Å². The van der Waals surface area contributed by atoms with Crippen LogP contribution in [-0.4, -0.2) is 47.2 Å². The van der Waals surface area contributed by atoms with Crippen LogP contribution in [0.25, 0.3) is 0 Å². The predicted octanol–water partition coefficient (Wildman–Crippen LogP) is 0.604. The van der Waals surface area contributed by atoms with E-state index in [0.717, 1.165) is 13.1 Å². The number of rotatable bonds is 6. The second-order valence-electron chi connectivity index (χ2n) is 4.42. The third kappa shape index (κ3) is 4.62. The van der Waals surface area contributed by atoms with Crippen LogP contribution >= 0.6 is 0 Å². The summed E-state index contributed by atoms with van der Waals surface area (Å²) < 4.78 is 0. The lowest BCUT2D eigenvalue weighted by Gasteiger charge is -2.30. The van der Waals surface area contributed by atoms with Gasteiger partial charge in [-0.25, -0.2) is 0 Å². The summed E-state index contributed by atoms with van der Waals surface area (Å²) in [7, 11) is 0. The average molecular weight is 216 g/mol. The van der Waals surface area contributed by atoms with E-state index in [-0.39, 0.29) is 18.6 Å². The van der Waals surface area contributed by atoms with Crippen LogP contribution in [0.15, 0.2) is 0 Å². The maximum atomic E-state index is 11.9. The summed E-state index contributed by atoms with van der Waals surface area (Å²) in [6, 6.07) is -0.257. The highest BCUT2D eigenvalue weighted by molar-refractivity contribution is 5.81. The van der Waals surface area contributed by atoms with Gasteiger partial charge in [0.05, 0.1) is 12.6 Å². The number of hydrogen-bond acceptors (Lipinski definition) is 3. The van der Waals surface area contributed by atoms with Crippen LogP contribution < -0.4 is 5.32 Å². The first-order valence-electron chi connectivity index (χ1n) is 5.55. The van der Waals surface area contributed by atoms with Crippen LogP contribution in [0.1, 0.15) is 34.6 Å². The standard InChI is InChI=1S/C11H24N2O2/c1-6-13(7-2)10(15)9(3)12-11(4,5)8-14/h9,12,14H,6-8H2,1-5H3. The van der Waals surface area contributed by atoms with Crippen LogP contribution in [0.4, 0.5) is 0 Å². The minimum atomic E-state index is -0.414. The first-order chi connectivity index (χ1) is 6.87. The molecule has 1 unspecified atom stereocenters. The maximum Gasteiger partial charge on any atom is 0.239 e. The highest BCUT2D eigenvalue weighted by Gasteiger charge is 2.24. The Morgan fingerprint density at radius 1 is 1.40 bits per heavy atom. The molecule has 15 heavy (non-hydrogen) atoms. The van der Waals surface area contributed by atoms with E-state index in [4.69, 9.17) is 5.11 Å². The Kier molecular flexibility index (Phi) is 5.83. The van der Waals surface area contributed by atoms with Gasteiger partial charge in [0, 0.05) is 18.6 Å². The number of carbonyl (C=O) groups is 1. The second-order valence-corrected chi connectivity index (χ2v) is 4.42. The van der Waals surface area contributed by atoms with Crippen molar-refractivity contribution in [2.45, 2.75) is 46.2 Å². The van der Waals surface area contributed by atoms with E-state index in [1.807, 2.05) is 34.6 Å². The molecule has 0 bridgehead atoms. The predicted molar refractivity (Wildman–Crippen MR) is 61.7 cm³/mol. The quantitative estimate of drug-likeness (QED) is 0.684. The van der Waals surface area contributed by atoms with Crippen molar-refractivity contribution in [1.29, 1.82) is 0 Å². The molecule has 0 aliphatic rings. The third-order valence-electron chi connectivity index (χ3n) is 2.45. The zero-order chi connectivity index (χ0) is 12.1. The molecule has 0 aromatic rings. The zero-order valence-electron chi connectivity index (χ0n) is 10.5. The van der Waals surface area contributed by atoms with E-state index >= 15 is 0 Å². The number of amides is 1. The normalized spacial score (nSPS) is 13.7. The molecule has 0 rings (SSSR count). The Balaban J connectivity index is 4.32. The number of carbonyl (C=O) groups excluding carboxylic acids is 1. The van der Waals surface area contributed by atoms with Gasteiger partial charge in [0.1, 0.15) is 0 Å². The molecule has 0 aromatic heterocycles. The Hall–Kier alpha value is -0.610. The fraction of sp³-hybridized carbons (Fsp3) is 0.909. The summed E-state index contributed by atoms with van der Waals surface area (Å²) in [5.41, 5.74) is -0.414. The summed E-state index contributed by atoms with van der Waals surface area (Å²) in [6.45, 7) is 11.0. The van der Waals surface area contributed by atoms with E-state index in [0.29, 0.717) is 0 Å². The van der Waals surface area contributed by atoms with Gasteiger partial charge in [0.2, 0.25) is 5.91 Å². The highest BCUT2D eigenvalue weighted by Crippen LogP contribution is 2.04. The molecule has 0 saturated carbocycles. The largest absolute Gasteiger partial charge is 0.394 e. The van der Waals surface area contributed by atoms with Gasteiger partial charge in [-0.1, -0.05) is 0 Å². The molecule has 90 valence electrons. The van der Waals surface area contributed by atoms with Gasteiger partial charge in [-0.15, -0.1) is 0 Å². The summed E-state index contributed by atoms with van der Waals surface area (Å²) in [4.78, 5) is 13.7. The van der Waals surface area contributed by atoms with E-state index in [1.165, 1.54) is 0 Å². The number of aliphatic hydroxyl groups is 1. The molecule has 0 fully saturated rings. The zero-order valence-corrected chi connectivity index (χ0v) is 10.5. The van der Waals surface area contributed by atoms with Crippen molar-refractivity contribution >= 4 is 5.91 Å². The van der Waals surface area contributed by atoms with Crippen molar-refractivity contribution in [3.05, 3.63) is 0 Å². The Bertz CT molecular complexity index is 201. The SMILES string of the molecule is CCN(CC)C(=O)C(C)NC(C)(C)CO. The average Bonchev–Trinajstić information content (AvgIpc) is 2.19. The Labute approximate surface area is 92.7 Å². The lowest BCUT2D eigenvalue weighted by molar-refractivity contribution is -0.133. The first kappa shape index (κ1) is 14.4. The van der Waals surface area contributed by atoms with Gasteiger partial charge in [-0.3, -0.25) is 10.1 Å². The molecule has 0 spiro atoms. The van der Waals surface area contributed by atoms with Crippen molar-refractivity contribution in [1.82, 2.24) is 10.2 Å². The second kappa shape index (κ2) is 6.08.